The normalized spacial score (nSPS) is 13.5. The predicted molar refractivity (Wildman–Crippen MR) is 75.5 cm³/mol. The van der Waals surface area contributed by atoms with Crippen molar-refractivity contribution < 1.29 is 8.42 Å². The van der Waals surface area contributed by atoms with Crippen LogP contribution in [-0.4, -0.2) is 33.8 Å². The van der Waals surface area contributed by atoms with Crippen LogP contribution in [0.25, 0.3) is 0 Å². The molecule has 1 unspecified atom stereocenters. The molecule has 0 spiro atoms. The van der Waals surface area contributed by atoms with E-state index in [1.807, 2.05) is 24.3 Å². The SMILES string of the molecule is CC(Cc1ccc(Cl)cc1)NCCNS(C)(=O)=O. The Bertz CT molecular complexity index is 459. The van der Waals surface area contributed by atoms with Crippen LogP contribution in [-0.2, 0) is 16.4 Å². The number of rotatable bonds is 7. The molecule has 0 fully saturated rings. The molecular weight excluding hydrogens is 272 g/mol. The van der Waals surface area contributed by atoms with Crippen LogP contribution >= 0.6 is 11.6 Å². The molecule has 2 N–H and O–H groups in total. The molecule has 1 atom stereocenters. The topological polar surface area (TPSA) is 58.2 Å². The van der Waals surface area contributed by atoms with E-state index in [1.165, 1.54) is 5.56 Å². The Balaban J connectivity index is 2.25. The van der Waals surface area contributed by atoms with Crippen molar-refractivity contribution in [1.82, 2.24) is 10.0 Å². The van der Waals surface area contributed by atoms with Crippen LogP contribution in [0, 0.1) is 0 Å². The van der Waals surface area contributed by atoms with Crippen molar-refractivity contribution in [2.75, 3.05) is 19.3 Å². The molecule has 0 amide bonds. The summed E-state index contributed by atoms with van der Waals surface area (Å²) in [6.07, 6.45) is 2.04. The first-order chi connectivity index (χ1) is 8.37. The van der Waals surface area contributed by atoms with Gasteiger partial charge in [-0.05, 0) is 31.0 Å². The summed E-state index contributed by atoms with van der Waals surface area (Å²) in [5.74, 6) is 0. The lowest BCUT2D eigenvalue weighted by Gasteiger charge is -2.14. The van der Waals surface area contributed by atoms with Gasteiger partial charge in [0.15, 0.2) is 0 Å². The lowest BCUT2D eigenvalue weighted by molar-refractivity contribution is 0.538. The van der Waals surface area contributed by atoms with Crippen molar-refractivity contribution in [2.45, 2.75) is 19.4 Å². The van der Waals surface area contributed by atoms with Crippen molar-refractivity contribution in [2.24, 2.45) is 0 Å². The zero-order chi connectivity index (χ0) is 13.6. The number of hydrogen-bond acceptors (Lipinski definition) is 3. The van der Waals surface area contributed by atoms with Crippen LogP contribution in [0.1, 0.15) is 12.5 Å². The quantitative estimate of drug-likeness (QED) is 0.747. The Morgan fingerprint density at radius 2 is 1.83 bits per heavy atom. The van der Waals surface area contributed by atoms with Crippen molar-refractivity contribution in [3.8, 4) is 0 Å². The molecule has 0 bridgehead atoms. The molecule has 18 heavy (non-hydrogen) atoms. The summed E-state index contributed by atoms with van der Waals surface area (Å²) in [5, 5.41) is 3.99. The first-order valence-electron chi connectivity index (χ1n) is 5.79. The van der Waals surface area contributed by atoms with Gasteiger partial charge in [0.25, 0.3) is 0 Å². The number of benzene rings is 1. The third-order valence-electron chi connectivity index (χ3n) is 2.44. The molecule has 102 valence electrons. The highest BCUT2D eigenvalue weighted by Crippen LogP contribution is 2.10. The van der Waals surface area contributed by atoms with Crippen molar-refractivity contribution in [3.05, 3.63) is 34.9 Å². The summed E-state index contributed by atoms with van der Waals surface area (Å²) in [7, 11) is -3.09. The van der Waals surface area contributed by atoms with Gasteiger partial charge in [-0.15, -0.1) is 0 Å². The van der Waals surface area contributed by atoms with E-state index in [0.29, 0.717) is 13.1 Å². The first-order valence-corrected chi connectivity index (χ1v) is 8.06. The molecule has 0 heterocycles. The van der Waals surface area contributed by atoms with E-state index < -0.39 is 10.0 Å². The molecule has 1 aromatic carbocycles. The van der Waals surface area contributed by atoms with E-state index in [1.54, 1.807) is 0 Å². The van der Waals surface area contributed by atoms with E-state index >= 15 is 0 Å². The van der Waals surface area contributed by atoms with Crippen LogP contribution in [0.15, 0.2) is 24.3 Å². The zero-order valence-electron chi connectivity index (χ0n) is 10.6. The molecule has 0 aliphatic heterocycles. The summed E-state index contributed by atoms with van der Waals surface area (Å²) >= 11 is 5.81. The van der Waals surface area contributed by atoms with E-state index in [4.69, 9.17) is 11.6 Å². The fraction of sp³-hybridized carbons (Fsp3) is 0.500. The van der Waals surface area contributed by atoms with Gasteiger partial charge in [-0.2, -0.15) is 0 Å². The summed E-state index contributed by atoms with van der Waals surface area (Å²) in [6.45, 7) is 3.08. The van der Waals surface area contributed by atoms with Crippen LogP contribution in [0.2, 0.25) is 5.02 Å². The average molecular weight is 291 g/mol. The van der Waals surface area contributed by atoms with Gasteiger partial charge in [0.1, 0.15) is 0 Å². The minimum Gasteiger partial charge on any atom is -0.313 e. The van der Waals surface area contributed by atoms with Gasteiger partial charge in [-0.3, -0.25) is 0 Å². The van der Waals surface area contributed by atoms with Crippen LogP contribution in [0.5, 0.6) is 0 Å². The fourth-order valence-electron chi connectivity index (χ4n) is 1.60. The highest BCUT2D eigenvalue weighted by molar-refractivity contribution is 7.88. The molecule has 6 heteroatoms. The number of halogens is 1. The Kier molecular flexibility index (Phi) is 6.08. The lowest BCUT2D eigenvalue weighted by Crippen LogP contribution is -2.36. The van der Waals surface area contributed by atoms with Crippen molar-refractivity contribution in [3.63, 3.8) is 0 Å². The summed E-state index contributed by atoms with van der Waals surface area (Å²) in [4.78, 5) is 0. The Hall–Kier alpha value is -0.620. The monoisotopic (exact) mass is 290 g/mol. The van der Waals surface area contributed by atoms with E-state index in [2.05, 4.69) is 17.0 Å². The van der Waals surface area contributed by atoms with Crippen molar-refractivity contribution in [1.29, 1.82) is 0 Å². The third-order valence-corrected chi connectivity index (χ3v) is 3.42. The smallest absolute Gasteiger partial charge is 0.208 e. The second-order valence-corrected chi connectivity index (χ2v) is 6.62. The van der Waals surface area contributed by atoms with E-state index in [0.717, 1.165) is 17.7 Å². The molecule has 0 saturated heterocycles. The van der Waals surface area contributed by atoms with Crippen LogP contribution in [0.4, 0.5) is 0 Å². The van der Waals surface area contributed by atoms with Gasteiger partial charge in [0.2, 0.25) is 10.0 Å². The predicted octanol–water partition coefficient (Wildman–Crippen LogP) is 1.41. The largest absolute Gasteiger partial charge is 0.313 e. The van der Waals surface area contributed by atoms with Gasteiger partial charge in [0, 0.05) is 24.2 Å². The molecule has 0 radical (unpaired) electrons. The van der Waals surface area contributed by atoms with Crippen LogP contribution in [0.3, 0.4) is 0 Å². The maximum absolute atomic E-state index is 10.8. The summed E-state index contributed by atoms with van der Waals surface area (Å²) in [6, 6.07) is 8.02. The highest BCUT2D eigenvalue weighted by Gasteiger charge is 2.04. The molecule has 0 aromatic heterocycles. The fourth-order valence-corrected chi connectivity index (χ4v) is 2.20. The highest BCUT2D eigenvalue weighted by atomic mass is 35.5. The Labute approximate surface area is 114 Å². The van der Waals surface area contributed by atoms with Gasteiger partial charge >= 0.3 is 0 Å². The lowest BCUT2D eigenvalue weighted by atomic mass is 10.1. The summed E-state index contributed by atoms with van der Waals surface area (Å²) < 4.78 is 24.1. The molecule has 1 rings (SSSR count). The molecular formula is C12H19ClN2O2S. The van der Waals surface area contributed by atoms with E-state index in [9.17, 15) is 8.42 Å². The number of sulfonamides is 1. The maximum atomic E-state index is 10.8. The zero-order valence-corrected chi connectivity index (χ0v) is 12.2. The summed E-state index contributed by atoms with van der Waals surface area (Å²) in [5.41, 5.74) is 1.20. The van der Waals surface area contributed by atoms with Crippen LogP contribution < -0.4 is 10.0 Å². The van der Waals surface area contributed by atoms with Gasteiger partial charge < -0.3 is 5.32 Å². The van der Waals surface area contributed by atoms with Crippen molar-refractivity contribution >= 4 is 21.6 Å². The molecule has 0 aliphatic rings. The maximum Gasteiger partial charge on any atom is 0.208 e. The van der Waals surface area contributed by atoms with Gasteiger partial charge in [-0.25, -0.2) is 13.1 Å². The van der Waals surface area contributed by atoms with Gasteiger partial charge in [-0.1, -0.05) is 23.7 Å². The minimum atomic E-state index is -3.09. The molecule has 0 saturated carbocycles. The molecule has 0 aliphatic carbocycles. The average Bonchev–Trinajstić information content (AvgIpc) is 2.26. The Morgan fingerprint density at radius 1 is 1.22 bits per heavy atom. The standard InChI is InChI=1S/C12H19ClN2O2S/c1-10(14-7-8-15-18(2,16)17)9-11-3-5-12(13)6-4-11/h3-6,10,14-15H,7-9H2,1-2H3. The first kappa shape index (κ1) is 15.4. The number of hydrogen-bond donors (Lipinski definition) is 2. The number of nitrogens with one attached hydrogen (secondary N) is 2. The second kappa shape index (κ2) is 7.09. The Morgan fingerprint density at radius 3 is 2.39 bits per heavy atom. The third kappa shape index (κ3) is 6.96. The molecule has 4 nitrogen and oxygen atoms in total. The minimum absolute atomic E-state index is 0.285. The molecule has 1 aromatic rings. The van der Waals surface area contributed by atoms with Gasteiger partial charge in [0.05, 0.1) is 6.26 Å². The second-order valence-electron chi connectivity index (χ2n) is 4.35. The van der Waals surface area contributed by atoms with E-state index in [-0.39, 0.29) is 6.04 Å².